The molecule has 5 nitrogen and oxygen atoms in total. The van der Waals surface area contributed by atoms with Crippen molar-refractivity contribution in [3.05, 3.63) is 35.4 Å². The van der Waals surface area contributed by atoms with Crippen LogP contribution >= 0.6 is 24.0 Å². The number of guanidine groups is 1. The van der Waals surface area contributed by atoms with Crippen LogP contribution in [0.2, 0.25) is 0 Å². The summed E-state index contributed by atoms with van der Waals surface area (Å²) in [6, 6.07) is 7.89. The first kappa shape index (κ1) is 22.7. The van der Waals surface area contributed by atoms with Crippen molar-refractivity contribution < 1.29 is 4.79 Å². The maximum Gasteiger partial charge on any atom is 0.253 e. The number of piperidine rings is 1. The van der Waals surface area contributed by atoms with Crippen LogP contribution in [0.5, 0.6) is 0 Å². The molecule has 0 radical (unpaired) electrons. The number of likely N-dealkylation sites (tertiary alicyclic amines) is 1. The fraction of sp³-hybridized carbons (Fsp3) is 0.600. The monoisotopic (exact) mass is 472 g/mol. The zero-order valence-corrected chi connectivity index (χ0v) is 18.8. The summed E-state index contributed by atoms with van der Waals surface area (Å²) in [6.45, 7) is 10.6. The van der Waals surface area contributed by atoms with Gasteiger partial charge in [0.15, 0.2) is 5.96 Å². The largest absolute Gasteiger partial charge is 0.352 e. The minimum atomic E-state index is 0. The second-order valence-electron chi connectivity index (χ2n) is 6.77. The quantitative estimate of drug-likeness (QED) is 0.405. The van der Waals surface area contributed by atoms with Crippen LogP contribution < -0.4 is 5.32 Å². The maximum absolute atomic E-state index is 12.4. The average molecular weight is 472 g/mol. The molecule has 0 bridgehead atoms. The number of carbonyl (C=O) groups excluding carboxylic acids is 1. The normalized spacial score (nSPS) is 17.5. The van der Waals surface area contributed by atoms with Crippen LogP contribution in [0.1, 0.15) is 49.5 Å². The zero-order chi connectivity index (χ0) is 18.2. The summed E-state index contributed by atoms with van der Waals surface area (Å²) in [4.78, 5) is 21.0. The van der Waals surface area contributed by atoms with Crippen LogP contribution in [0.3, 0.4) is 0 Å². The van der Waals surface area contributed by atoms with Gasteiger partial charge in [-0.25, -0.2) is 0 Å². The van der Waals surface area contributed by atoms with Gasteiger partial charge in [0.1, 0.15) is 0 Å². The maximum atomic E-state index is 12.4. The molecule has 2 rings (SSSR count). The molecule has 0 spiro atoms. The zero-order valence-electron chi connectivity index (χ0n) is 16.5. The molecule has 1 atom stereocenters. The highest BCUT2D eigenvalue weighted by Gasteiger charge is 2.19. The van der Waals surface area contributed by atoms with Crippen LogP contribution in [0, 0.1) is 5.92 Å². The molecule has 1 aliphatic heterocycles. The third-order valence-electron chi connectivity index (χ3n) is 4.87. The smallest absolute Gasteiger partial charge is 0.253 e. The third kappa shape index (κ3) is 6.14. The lowest BCUT2D eigenvalue weighted by molar-refractivity contribution is 0.0773. The van der Waals surface area contributed by atoms with Gasteiger partial charge in [-0.05, 0) is 50.3 Å². The number of halogens is 1. The van der Waals surface area contributed by atoms with Gasteiger partial charge in [-0.15, -0.1) is 24.0 Å². The number of aliphatic imine (C=N–C) groups is 1. The highest BCUT2D eigenvalue weighted by molar-refractivity contribution is 14.0. The minimum Gasteiger partial charge on any atom is -0.352 e. The average Bonchev–Trinajstić information content (AvgIpc) is 2.64. The molecule has 6 heteroatoms. The SMILES string of the molecule is CCN(CC)C(=O)c1ccc(CNC(=NC)N2CCCC(C)C2)cc1.I. The first-order valence-corrected chi connectivity index (χ1v) is 9.42. The molecule has 1 unspecified atom stereocenters. The van der Waals surface area contributed by atoms with Gasteiger partial charge in [0.05, 0.1) is 0 Å². The molecule has 26 heavy (non-hydrogen) atoms. The number of hydrogen-bond donors (Lipinski definition) is 1. The Bertz CT molecular complexity index is 584. The Kier molecular flexibility index (Phi) is 9.98. The number of nitrogens with zero attached hydrogens (tertiary/aromatic N) is 3. The number of amides is 1. The Morgan fingerprint density at radius 2 is 1.92 bits per heavy atom. The van der Waals surface area contributed by atoms with Crippen LogP contribution in [-0.2, 0) is 6.54 Å². The molecule has 0 saturated carbocycles. The van der Waals surface area contributed by atoms with Gasteiger partial charge in [-0.1, -0.05) is 19.1 Å². The van der Waals surface area contributed by atoms with Crippen molar-refractivity contribution in [2.45, 2.75) is 40.2 Å². The summed E-state index contributed by atoms with van der Waals surface area (Å²) in [5.74, 6) is 1.79. The molecule has 1 amide bonds. The number of rotatable bonds is 5. The molecular weight excluding hydrogens is 439 g/mol. The van der Waals surface area contributed by atoms with E-state index >= 15 is 0 Å². The van der Waals surface area contributed by atoms with Crippen molar-refractivity contribution in [2.24, 2.45) is 10.9 Å². The van der Waals surface area contributed by atoms with Crippen LogP contribution in [0.25, 0.3) is 0 Å². The molecule has 0 aromatic heterocycles. The van der Waals surface area contributed by atoms with E-state index in [4.69, 9.17) is 0 Å². The standard InChI is InChI=1S/C20H32N4O.HI/c1-5-23(6-2)19(25)18-11-9-17(10-12-18)14-22-20(21-4)24-13-7-8-16(3)15-24;/h9-12,16H,5-8,13-15H2,1-4H3,(H,21,22);1H. The molecule has 1 aromatic rings. The summed E-state index contributed by atoms with van der Waals surface area (Å²) in [7, 11) is 1.84. The highest BCUT2D eigenvalue weighted by Crippen LogP contribution is 2.15. The van der Waals surface area contributed by atoms with E-state index in [2.05, 4.69) is 22.1 Å². The summed E-state index contributed by atoms with van der Waals surface area (Å²) in [6.07, 6.45) is 2.53. The molecule has 1 aliphatic rings. The van der Waals surface area contributed by atoms with Gasteiger partial charge in [0.2, 0.25) is 0 Å². The first-order chi connectivity index (χ1) is 12.1. The predicted molar refractivity (Wildman–Crippen MR) is 119 cm³/mol. The van der Waals surface area contributed by atoms with Gasteiger partial charge in [0, 0.05) is 45.3 Å². The van der Waals surface area contributed by atoms with Crippen molar-refractivity contribution in [2.75, 3.05) is 33.2 Å². The molecule has 0 aliphatic carbocycles. The Labute approximate surface area is 175 Å². The number of benzene rings is 1. The van der Waals surface area contributed by atoms with Gasteiger partial charge >= 0.3 is 0 Å². The Balaban J connectivity index is 0.00000338. The summed E-state index contributed by atoms with van der Waals surface area (Å²) < 4.78 is 0. The Morgan fingerprint density at radius 3 is 2.46 bits per heavy atom. The minimum absolute atomic E-state index is 0. The van der Waals surface area contributed by atoms with Crippen molar-refractivity contribution in [1.82, 2.24) is 15.1 Å². The van der Waals surface area contributed by atoms with E-state index in [1.165, 1.54) is 12.8 Å². The van der Waals surface area contributed by atoms with Gasteiger partial charge in [0.25, 0.3) is 5.91 Å². The second-order valence-corrected chi connectivity index (χ2v) is 6.77. The fourth-order valence-corrected chi connectivity index (χ4v) is 3.35. The van der Waals surface area contributed by atoms with Crippen molar-refractivity contribution in [3.63, 3.8) is 0 Å². The third-order valence-corrected chi connectivity index (χ3v) is 4.87. The molecule has 1 aromatic carbocycles. The summed E-state index contributed by atoms with van der Waals surface area (Å²) in [5.41, 5.74) is 1.91. The number of nitrogens with one attached hydrogen (secondary N) is 1. The van der Waals surface area contributed by atoms with Crippen LogP contribution in [-0.4, -0.2) is 54.9 Å². The highest BCUT2D eigenvalue weighted by atomic mass is 127. The number of carbonyl (C=O) groups is 1. The lowest BCUT2D eigenvalue weighted by atomic mass is 10.0. The lowest BCUT2D eigenvalue weighted by Crippen LogP contribution is -2.45. The van der Waals surface area contributed by atoms with E-state index < -0.39 is 0 Å². The lowest BCUT2D eigenvalue weighted by Gasteiger charge is -2.33. The molecule has 1 heterocycles. The molecule has 1 fully saturated rings. The Hall–Kier alpha value is -1.31. The molecule has 146 valence electrons. The summed E-state index contributed by atoms with van der Waals surface area (Å²) in [5, 5.41) is 3.45. The fourth-order valence-electron chi connectivity index (χ4n) is 3.35. The van der Waals surface area contributed by atoms with Crippen molar-refractivity contribution in [3.8, 4) is 0 Å². The van der Waals surface area contributed by atoms with Gasteiger partial charge in [-0.2, -0.15) is 0 Å². The predicted octanol–water partition coefficient (Wildman–Crippen LogP) is 3.59. The van der Waals surface area contributed by atoms with Gasteiger partial charge < -0.3 is 15.1 Å². The van der Waals surface area contributed by atoms with E-state index in [1.54, 1.807) is 0 Å². The summed E-state index contributed by atoms with van der Waals surface area (Å²) >= 11 is 0. The number of hydrogen-bond acceptors (Lipinski definition) is 2. The first-order valence-electron chi connectivity index (χ1n) is 9.42. The van der Waals surface area contributed by atoms with E-state index in [0.29, 0.717) is 0 Å². The van der Waals surface area contributed by atoms with E-state index in [0.717, 1.165) is 55.7 Å². The van der Waals surface area contributed by atoms with Crippen LogP contribution in [0.4, 0.5) is 0 Å². The van der Waals surface area contributed by atoms with E-state index in [9.17, 15) is 4.79 Å². The van der Waals surface area contributed by atoms with Crippen LogP contribution in [0.15, 0.2) is 29.3 Å². The van der Waals surface area contributed by atoms with Gasteiger partial charge in [-0.3, -0.25) is 9.79 Å². The Morgan fingerprint density at radius 1 is 1.27 bits per heavy atom. The topological polar surface area (TPSA) is 47.9 Å². The molecular formula is C20H33IN4O. The van der Waals surface area contributed by atoms with E-state index in [-0.39, 0.29) is 29.9 Å². The van der Waals surface area contributed by atoms with Crippen molar-refractivity contribution in [1.29, 1.82) is 0 Å². The van der Waals surface area contributed by atoms with Crippen molar-refractivity contribution >= 4 is 35.8 Å². The second kappa shape index (κ2) is 11.4. The molecule has 1 saturated heterocycles. The van der Waals surface area contributed by atoms with E-state index in [1.807, 2.05) is 50.1 Å². The molecule has 1 N–H and O–H groups in total.